The van der Waals surface area contributed by atoms with Crippen molar-refractivity contribution in [2.24, 2.45) is 7.05 Å². The summed E-state index contributed by atoms with van der Waals surface area (Å²) >= 11 is 0. The summed E-state index contributed by atoms with van der Waals surface area (Å²) in [6.07, 6.45) is 0. The zero-order valence-electron chi connectivity index (χ0n) is 12.1. The van der Waals surface area contributed by atoms with Gasteiger partial charge in [-0.05, 0) is 25.0 Å². The Morgan fingerprint density at radius 2 is 1.47 bits per heavy atom. The first-order valence-corrected chi connectivity index (χ1v) is 6.29. The van der Waals surface area contributed by atoms with Crippen LogP contribution in [0.5, 0.6) is 0 Å². The van der Waals surface area contributed by atoms with E-state index in [1.54, 1.807) is 0 Å². The molecule has 1 aromatic carbocycles. The average Bonchev–Trinajstić information content (AvgIpc) is 2.66. The molecule has 96 valence electrons. The monoisotopic (exact) mass is 235 g/mol. The number of hydrogen-bond acceptors (Lipinski definition) is 2. The number of hydrogen-bond donors (Lipinski definition) is 1. The SMILES string of the molecule is CC.CC.Cc1ccc(C)c2c1c(N)nn2C. The summed E-state index contributed by atoms with van der Waals surface area (Å²) in [5.41, 5.74) is 9.35. The quantitative estimate of drug-likeness (QED) is 0.754. The molecule has 0 radical (unpaired) electrons. The number of aryl methyl sites for hydroxylation is 3. The van der Waals surface area contributed by atoms with Crippen LogP contribution in [0.3, 0.4) is 0 Å². The Bertz CT molecular complexity index is 428. The first-order chi connectivity index (χ1) is 8.11. The molecule has 1 aromatic heterocycles. The van der Waals surface area contributed by atoms with Crippen molar-refractivity contribution in [2.45, 2.75) is 41.5 Å². The minimum atomic E-state index is 0.624. The highest BCUT2D eigenvalue weighted by Crippen LogP contribution is 2.26. The minimum absolute atomic E-state index is 0.624. The van der Waals surface area contributed by atoms with Gasteiger partial charge in [-0.25, -0.2) is 0 Å². The molecule has 0 aliphatic rings. The Kier molecular flexibility index (Phi) is 6.33. The lowest BCUT2D eigenvalue weighted by Crippen LogP contribution is -1.92. The highest BCUT2D eigenvalue weighted by Gasteiger charge is 2.09. The Morgan fingerprint density at radius 1 is 1.00 bits per heavy atom. The molecule has 3 nitrogen and oxygen atoms in total. The summed E-state index contributed by atoms with van der Waals surface area (Å²) in [5.74, 6) is 0.624. The summed E-state index contributed by atoms with van der Waals surface area (Å²) in [6.45, 7) is 12.1. The van der Waals surface area contributed by atoms with E-state index >= 15 is 0 Å². The van der Waals surface area contributed by atoms with Gasteiger partial charge in [0, 0.05) is 12.4 Å². The molecule has 0 aliphatic heterocycles. The molecule has 0 fully saturated rings. The van der Waals surface area contributed by atoms with Gasteiger partial charge in [-0.15, -0.1) is 0 Å². The van der Waals surface area contributed by atoms with Crippen molar-refractivity contribution in [3.8, 4) is 0 Å². The fourth-order valence-corrected chi connectivity index (χ4v) is 1.80. The molecule has 2 rings (SSSR count). The molecule has 0 amide bonds. The second kappa shape index (κ2) is 6.94. The van der Waals surface area contributed by atoms with Crippen molar-refractivity contribution in [3.63, 3.8) is 0 Å². The van der Waals surface area contributed by atoms with Crippen molar-refractivity contribution in [1.29, 1.82) is 0 Å². The van der Waals surface area contributed by atoms with E-state index in [9.17, 15) is 0 Å². The summed E-state index contributed by atoms with van der Waals surface area (Å²) in [5, 5.41) is 5.29. The van der Waals surface area contributed by atoms with Crippen molar-refractivity contribution in [1.82, 2.24) is 9.78 Å². The number of aromatic nitrogens is 2. The zero-order chi connectivity index (χ0) is 13.6. The maximum absolute atomic E-state index is 5.81. The van der Waals surface area contributed by atoms with Gasteiger partial charge in [-0.1, -0.05) is 39.8 Å². The maximum atomic E-state index is 5.81. The van der Waals surface area contributed by atoms with Crippen LogP contribution in [-0.2, 0) is 7.05 Å². The third-order valence-electron chi connectivity index (χ3n) is 2.43. The third kappa shape index (κ3) is 2.99. The first kappa shape index (κ1) is 15.5. The van der Waals surface area contributed by atoms with Crippen LogP contribution in [0.2, 0.25) is 0 Å². The smallest absolute Gasteiger partial charge is 0.153 e. The van der Waals surface area contributed by atoms with Crippen molar-refractivity contribution in [3.05, 3.63) is 23.3 Å². The lowest BCUT2D eigenvalue weighted by molar-refractivity contribution is 0.799. The van der Waals surface area contributed by atoms with Gasteiger partial charge in [0.2, 0.25) is 0 Å². The fraction of sp³-hybridized carbons (Fsp3) is 0.500. The standard InChI is InChI=1S/C10H13N3.2C2H6/c1-6-4-5-7(2)9-8(6)10(11)12-13(9)3;2*1-2/h4-5H,1-3H3,(H2,11,12);2*1-2H3. The lowest BCUT2D eigenvalue weighted by atomic mass is 10.1. The van der Waals surface area contributed by atoms with Crippen molar-refractivity contribution in [2.75, 3.05) is 5.73 Å². The Morgan fingerprint density at radius 3 is 1.94 bits per heavy atom. The molecule has 0 aliphatic carbocycles. The number of benzene rings is 1. The number of rotatable bonds is 0. The summed E-state index contributed by atoms with van der Waals surface area (Å²) in [4.78, 5) is 0. The predicted octanol–water partition coefficient (Wildman–Crippen LogP) is 3.82. The number of fused-ring (bicyclic) bond motifs is 1. The van der Waals surface area contributed by atoms with Crippen LogP contribution < -0.4 is 5.73 Å². The second-order valence-corrected chi connectivity index (χ2v) is 3.43. The molecule has 0 unspecified atom stereocenters. The molecule has 2 N–H and O–H groups in total. The highest BCUT2D eigenvalue weighted by atomic mass is 15.3. The van der Waals surface area contributed by atoms with Crippen LogP contribution in [0.25, 0.3) is 10.9 Å². The molecule has 0 atom stereocenters. The van der Waals surface area contributed by atoms with Crippen LogP contribution in [0.4, 0.5) is 5.82 Å². The second-order valence-electron chi connectivity index (χ2n) is 3.43. The van der Waals surface area contributed by atoms with Gasteiger partial charge in [-0.2, -0.15) is 5.10 Å². The number of nitrogens with zero attached hydrogens (tertiary/aromatic N) is 2. The summed E-state index contributed by atoms with van der Waals surface area (Å²) in [6, 6.07) is 4.18. The first-order valence-electron chi connectivity index (χ1n) is 6.29. The van der Waals surface area contributed by atoms with Gasteiger partial charge in [0.25, 0.3) is 0 Å². The number of nitrogen functional groups attached to an aromatic ring is 1. The van der Waals surface area contributed by atoms with E-state index in [1.165, 1.54) is 11.1 Å². The van der Waals surface area contributed by atoms with E-state index < -0.39 is 0 Å². The Balaban J connectivity index is 0.000000581. The van der Waals surface area contributed by atoms with Crippen molar-refractivity contribution >= 4 is 16.7 Å². The minimum Gasteiger partial charge on any atom is -0.382 e. The topological polar surface area (TPSA) is 43.8 Å². The van der Waals surface area contributed by atoms with Gasteiger partial charge in [0.15, 0.2) is 5.82 Å². The molecule has 2 aromatic rings. The van der Waals surface area contributed by atoms with E-state index in [-0.39, 0.29) is 0 Å². The van der Waals surface area contributed by atoms with Gasteiger partial charge >= 0.3 is 0 Å². The molecular formula is C14H25N3. The van der Waals surface area contributed by atoms with Crippen LogP contribution in [-0.4, -0.2) is 9.78 Å². The lowest BCUT2D eigenvalue weighted by Gasteiger charge is -2.01. The molecule has 17 heavy (non-hydrogen) atoms. The molecule has 1 heterocycles. The predicted molar refractivity (Wildman–Crippen MR) is 77.3 cm³/mol. The Labute approximate surface area is 105 Å². The van der Waals surface area contributed by atoms with Crippen molar-refractivity contribution < 1.29 is 0 Å². The maximum Gasteiger partial charge on any atom is 0.153 e. The summed E-state index contributed by atoms with van der Waals surface area (Å²) < 4.78 is 1.84. The van der Waals surface area contributed by atoms with Gasteiger partial charge in [0.05, 0.1) is 5.52 Å². The van der Waals surface area contributed by atoms with E-state index in [1.807, 2.05) is 39.4 Å². The number of nitrogens with two attached hydrogens (primary N) is 1. The Hall–Kier alpha value is -1.51. The molecule has 3 heteroatoms. The van der Waals surface area contributed by atoms with Gasteiger partial charge in [0.1, 0.15) is 0 Å². The zero-order valence-corrected chi connectivity index (χ0v) is 12.1. The molecule has 0 bridgehead atoms. The van der Waals surface area contributed by atoms with Crippen LogP contribution in [0, 0.1) is 13.8 Å². The van der Waals surface area contributed by atoms with E-state index in [0.29, 0.717) is 5.82 Å². The van der Waals surface area contributed by atoms with E-state index in [2.05, 4.69) is 31.1 Å². The molecular weight excluding hydrogens is 210 g/mol. The van der Waals surface area contributed by atoms with Gasteiger partial charge < -0.3 is 5.73 Å². The highest BCUT2D eigenvalue weighted by molar-refractivity contribution is 5.94. The normalized spacial score (nSPS) is 9.12. The summed E-state index contributed by atoms with van der Waals surface area (Å²) in [7, 11) is 1.92. The number of anilines is 1. The largest absolute Gasteiger partial charge is 0.382 e. The molecule has 0 saturated heterocycles. The molecule has 0 spiro atoms. The van der Waals surface area contributed by atoms with Gasteiger partial charge in [-0.3, -0.25) is 4.68 Å². The van der Waals surface area contributed by atoms with Crippen LogP contribution in [0.15, 0.2) is 12.1 Å². The van der Waals surface area contributed by atoms with Crippen LogP contribution in [0.1, 0.15) is 38.8 Å². The van der Waals surface area contributed by atoms with Crippen LogP contribution >= 0.6 is 0 Å². The van der Waals surface area contributed by atoms with E-state index in [0.717, 1.165) is 10.9 Å². The average molecular weight is 235 g/mol. The third-order valence-corrected chi connectivity index (χ3v) is 2.43. The molecule has 0 saturated carbocycles. The van der Waals surface area contributed by atoms with E-state index in [4.69, 9.17) is 5.73 Å². The fourth-order valence-electron chi connectivity index (χ4n) is 1.80.